The second-order valence-electron chi connectivity index (χ2n) is 9.73. The Labute approximate surface area is 209 Å². The van der Waals surface area contributed by atoms with Crippen molar-refractivity contribution in [3.63, 3.8) is 0 Å². The lowest BCUT2D eigenvalue weighted by Crippen LogP contribution is -2.43. The Morgan fingerprint density at radius 1 is 1.20 bits per heavy atom. The number of nitrogens with one attached hydrogen (secondary N) is 1. The Kier molecular flexibility index (Phi) is 8.05. The van der Waals surface area contributed by atoms with Crippen LogP contribution in [0.1, 0.15) is 51.1 Å². The van der Waals surface area contributed by atoms with Crippen LogP contribution in [-0.2, 0) is 14.8 Å². The summed E-state index contributed by atoms with van der Waals surface area (Å²) < 4.78 is 34.6. The average Bonchev–Trinajstić information content (AvgIpc) is 3.16. The van der Waals surface area contributed by atoms with Crippen LogP contribution >= 0.6 is 0 Å². The zero-order valence-electron chi connectivity index (χ0n) is 21.1. The van der Waals surface area contributed by atoms with Gasteiger partial charge in [-0.3, -0.25) is 9.69 Å². The predicted molar refractivity (Wildman–Crippen MR) is 135 cm³/mol. The first-order chi connectivity index (χ1) is 16.8. The topological polar surface area (TPSA) is 108 Å². The van der Waals surface area contributed by atoms with Crippen LogP contribution in [0.15, 0.2) is 34.4 Å². The number of nitrogens with two attached hydrogens (primary N) is 1. The Morgan fingerprint density at radius 3 is 2.60 bits per heavy atom. The van der Waals surface area contributed by atoms with Gasteiger partial charge in [0.1, 0.15) is 11.4 Å². The molecular formula is C25H39N5O4S. The van der Waals surface area contributed by atoms with Gasteiger partial charge in [0.05, 0.1) is 24.2 Å². The van der Waals surface area contributed by atoms with Gasteiger partial charge in [0.25, 0.3) is 5.91 Å². The number of hydrogen-bond donors (Lipinski definition) is 2. The highest BCUT2D eigenvalue weighted by Crippen LogP contribution is 2.40. The number of nitrogens with zero attached hydrogens (tertiary/aromatic N) is 3. The summed E-state index contributed by atoms with van der Waals surface area (Å²) >= 11 is 0. The molecule has 1 unspecified atom stereocenters. The van der Waals surface area contributed by atoms with Crippen molar-refractivity contribution in [2.45, 2.75) is 50.5 Å². The van der Waals surface area contributed by atoms with E-state index in [0.29, 0.717) is 62.4 Å². The Balaban J connectivity index is 1.67. The molecule has 3 aliphatic rings. The quantitative estimate of drug-likeness (QED) is 0.528. The van der Waals surface area contributed by atoms with E-state index in [2.05, 4.69) is 17.1 Å². The fourth-order valence-corrected chi connectivity index (χ4v) is 7.08. The number of ether oxygens (including phenoxy) is 1. The van der Waals surface area contributed by atoms with Gasteiger partial charge in [-0.25, -0.2) is 8.42 Å². The highest BCUT2D eigenvalue weighted by atomic mass is 32.2. The summed E-state index contributed by atoms with van der Waals surface area (Å²) in [6.07, 6.45) is 3.61. The zero-order valence-corrected chi connectivity index (χ0v) is 21.9. The molecule has 3 N–H and O–H groups in total. The van der Waals surface area contributed by atoms with E-state index in [-0.39, 0.29) is 10.8 Å². The van der Waals surface area contributed by atoms with Gasteiger partial charge >= 0.3 is 0 Å². The molecule has 0 aromatic heterocycles. The molecule has 1 aromatic rings. The second-order valence-corrected chi connectivity index (χ2v) is 11.7. The minimum absolute atomic E-state index is 0.124. The molecule has 0 saturated carbocycles. The Morgan fingerprint density at radius 2 is 1.94 bits per heavy atom. The van der Waals surface area contributed by atoms with E-state index in [1.165, 1.54) is 0 Å². The molecule has 0 aliphatic carbocycles. The molecule has 1 atom stereocenters. The fourth-order valence-electron chi connectivity index (χ4n) is 5.57. The van der Waals surface area contributed by atoms with Gasteiger partial charge in [-0.1, -0.05) is 6.92 Å². The number of piperidine rings is 1. The molecule has 0 bridgehead atoms. The van der Waals surface area contributed by atoms with Crippen molar-refractivity contribution < 1.29 is 17.9 Å². The summed E-state index contributed by atoms with van der Waals surface area (Å²) in [5.41, 5.74) is 8.03. The smallest absolute Gasteiger partial charge is 0.268 e. The third kappa shape index (κ3) is 5.21. The number of benzene rings is 1. The monoisotopic (exact) mass is 505 g/mol. The molecule has 1 saturated heterocycles. The molecule has 0 radical (unpaired) electrons. The SMILES string of the molecule is CCCN1CC2=C(C(=O)NC2c2cc(S(=O)(=O)N3CCC(CCN)CC3)ccc2OCC)N(C)C1. The largest absolute Gasteiger partial charge is 0.494 e. The van der Waals surface area contributed by atoms with Crippen molar-refractivity contribution in [3.05, 3.63) is 35.0 Å². The predicted octanol–water partition coefficient (Wildman–Crippen LogP) is 1.87. The Bertz CT molecular complexity index is 1070. The number of carbonyl (C=O) groups excluding carboxylic acids is 1. The van der Waals surface area contributed by atoms with Crippen LogP contribution in [0.25, 0.3) is 0 Å². The number of carbonyl (C=O) groups is 1. The molecule has 1 fully saturated rings. The van der Waals surface area contributed by atoms with Gasteiger partial charge in [-0.15, -0.1) is 0 Å². The van der Waals surface area contributed by atoms with E-state index in [4.69, 9.17) is 10.5 Å². The molecule has 9 nitrogen and oxygen atoms in total. The van der Waals surface area contributed by atoms with Crippen LogP contribution < -0.4 is 15.8 Å². The number of amides is 1. The van der Waals surface area contributed by atoms with Gasteiger partial charge in [0.15, 0.2) is 0 Å². The molecule has 1 amide bonds. The first-order valence-corrected chi connectivity index (χ1v) is 14.2. The molecule has 4 rings (SSSR count). The minimum Gasteiger partial charge on any atom is -0.494 e. The van der Waals surface area contributed by atoms with Gasteiger partial charge in [-0.2, -0.15) is 4.31 Å². The average molecular weight is 506 g/mol. The Hall–Kier alpha value is -2.14. The first-order valence-electron chi connectivity index (χ1n) is 12.7. The zero-order chi connectivity index (χ0) is 25.2. The number of likely N-dealkylation sites (N-methyl/N-ethyl adjacent to an activating group) is 1. The van der Waals surface area contributed by atoms with E-state index in [1.807, 2.05) is 18.9 Å². The van der Waals surface area contributed by atoms with Gasteiger partial charge in [0, 0.05) is 32.2 Å². The molecule has 10 heteroatoms. The van der Waals surface area contributed by atoms with Crippen molar-refractivity contribution in [3.8, 4) is 5.75 Å². The van der Waals surface area contributed by atoms with E-state index < -0.39 is 16.1 Å². The fraction of sp³-hybridized carbons (Fsp3) is 0.640. The lowest BCUT2D eigenvalue weighted by Gasteiger charge is -2.35. The normalized spacial score (nSPS) is 22.5. The second kappa shape index (κ2) is 10.9. The summed E-state index contributed by atoms with van der Waals surface area (Å²) in [6.45, 7) is 8.40. The maximum atomic E-state index is 13.6. The molecule has 3 heterocycles. The standard InChI is InChI=1S/C25H39N5O4S/c1-4-12-29-16-21-23(27-25(31)24(21)28(3)17-29)20-15-19(6-7-22(20)34-5-2)35(32,33)30-13-9-18(8-11-26)10-14-30/h6-7,15,18,23H,4-5,8-14,16-17,26H2,1-3H3,(H,27,31). The molecule has 194 valence electrons. The minimum atomic E-state index is -3.66. The van der Waals surface area contributed by atoms with Crippen LogP contribution in [0.3, 0.4) is 0 Å². The van der Waals surface area contributed by atoms with E-state index in [0.717, 1.165) is 37.8 Å². The molecule has 0 spiro atoms. The molecule has 35 heavy (non-hydrogen) atoms. The van der Waals surface area contributed by atoms with Crippen LogP contribution in [0.5, 0.6) is 5.75 Å². The van der Waals surface area contributed by atoms with Crippen molar-refractivity contribution in [1.82, 2.24) is 19.4 Å². The maximum absolute atomic E-state index is 13.6. The van der Waals surface area contributed by atoms with Crippen molar-refractivity contribution >= 4 is 15.9 Å². The van der Waals surface area contributed by atoms with Crippen molar-refractivity contribution in [1.29, 1.82) is 0 Å². The van der Waals surface area contributed by atoms with E-state index in [1.54, 1.807) is 22.5 Å². The molecule has 1 aromatic carbocycles. The number of rotatable bonds is 9. The summed E-state index contributed by atoms with van der Waals surface area (Å²) in [5.74, 6) is 0.958. The summed E-state index contributed by atoms with van der Waals surface area (Å²) in [6, 6.07) is 4.63. The highest BCUT2D eigenvalue weighted by Gasteiger charge is 2.40. The van der Waals surface area contributed by atoms with Crippen LogP contribution in [-0.4, -0.2) is 81.5 Å². The van der Waals surface area contributed by atoms with E-state index >= 15 is 0 Å². The maximum Gasteiger partial charge on any atom is 0.268 e. The first kappa shape index (κ1) is 25.9. The summed E-state index contributed by atoms with van der Waals surface area (Å²) in [5, 5.41) is 3.10. The molecular weight excluding hydrogens is 466 g/mol. The van der Waals surface area contributed by atoms with Crippen LogP contribution in [0.4, 0.5) is 0 Å². The highest BCUT2D eigenvalue weighted by molar-refractivity contribution is 7.89. The number of hydrogen-bond acceptors (Lipinski definition) is 7. The van der Waals surface area contributed by atoms with Crippen molar-refractivity contribution in [2.24, 2.45) is 11.7 Å². The number of sulfonamides is 1. The third-order valence-electron chi connectivity index (χ3n) is 7.25. The third-order valence-corrected chi connectivity index (χ3v) is 9.14. The lowest BCUT2D eigenvalue weighted by molar-refractivity contribution is -0.118. The van der Waals surface area contributed by atoms with Crippen molar-refractivity contribution in [2.75, 3.05) is 53.0 Å². The van der Waals surface area contributed by atoms with Crippen LogP contribution in [0, 0.1) is 5.92 Å². The lowest BCUT2D eigenvalue weighted by atomic mass is 9.95. The van der Waals surface area contributed by atoms with Gasteiger partial charge in [0.2, 0.25) is 10.0 Å². The molecule has 3 aliphatic heterocycles. The summed E-state index contributed by atoms with van der Waals surface area (Å²) in [4.78, 5) is 17.5. The van der Waals surface area contributed by atoms with Crippen LogP contribution in [0.2, 0.25) is 0 Å². The van der Waals surface area contributed by atoms with Gasteiger partial charge < -0.3 is 20.7 Å². The van der Waals surface area contributed by atoms with Gasteiger partial charge in [-0.05, 0) is 75.4 Å². The summed E-state index contributed by atoms with van der Waals surface area (Å²) in [7, 11) is -1.73. The van der Waals surface area contributed by atoms with E-state index in [9.17, 15) is 13.2 Å².